The van der Waals surface area contributed by atoms with E-state index in [0.717, 1.165) is 0 Å². The molecule has 0 aliphatic carbocycles. The maximum Gasteiger partial charge on any atom is 0.316 e. The van der Waals surface area contributed by atoms with Gasteiger partial charge in [-0.2, -0.15) is 4.98 Å². The quantitative estimate of drug-likeness (QED) is 0.290. The zero-order chi connectivity index (χ0) is 23.1. The van der Waals surface area contributed by atoms with Crippen molar-refractivity contribution in [3.8, 4) is 17.1 Å². The molecule has 2 aromatic carbocycles. The van der Waals surface area contributed by atoms with Gasteiger partial charge in [0.1, 0.15) is 11.6 Å². The van der Waals surface area contributed by atoms with Crippen molar-refractivity contribution in [2.45, 2.75) is 6.92 Å². The van der Waals surface area contributed by atoms with Crippen molar-refractivity contribution in [1.82, 2.24) is 20.8 Å². The number of nitro groups is 1. The molecule has 1 aromatic heterocycles. The van der Waals surface area contributed by atoms with Crippen LogP contribution in [0.5, 0.6) is 5.75 Å². The molecule has 11 nitrogen and oxygen atoms in total. The van der Waals surface area contributed by atoms with Gasteiger partial charge in [-0.3, -0.25) is 19.7 Å². The first kappa shape index (κ1) is 22.3. The van der Waals surface area contributed by atoms with Crippen LogP contribution < -0.4 is 15.4 Å². The summed E-state index contributed by atoms with van der Waals surface area (Å²) in [5.74, 6) is -1.43. The van der Waals surface area contributed by atoms with Crippen molar-refractivity contribution >= 4 is 17.5 Å². The van der Waals surface area contributed by atoms with Gasteiger partial charge in [-0.15, -0.1) is 0 Å². The Balaban J connectivity index is 1.45. The first-order valence-corrected chi connectivity index (χ1v) is 9.36. The van der Waals surface area contributed by atoms with E-state index in [1.807, 2.05) is 0 Å². The SMILES string of the molecule is Cc1c(-c2noc(C(=O)NCCNC(=O)COc3ccc(F)cc3)n2)cccc1[N+](=O)[O-]. The number of carbonyl (C=O) groups excluding carboxylic acids is 2. The summed E-state index contributed by atoms with van der Waals surface area (Å²) in [6.07, 6.45) is 0. The van der Waals surface area contributed by atoms with E-state index in [9.17, 15) is 24.1 Å². The molecule has 32 heavy (non-hydrogen) atoms. The molecule has 0 fully saturated rings. The Morgan fingerprint density at radius 3 is 2.59 bits per heavy atom. The zero-order valence-electron chi connectivity index (χ0n) is 16.8. The number of carbonyl (C=O) groups is 2. The number of nitrogens with zero attached hydrogens (tertiary/aromatic N) is 3. The number of benzene rings is 2. The van der Waals surface area contributed by atoms with Gasteiger partial charge in [0.25, 0.3) is 11.6 Å². The van der Waals surface area contributed by atoms with Gasteiger partial charge in [0.2, 0.25) is 5.82 Å². The minimum absolute atomic E-state index is 0.0441. The fourth-order valence-corrected chi connectivity index (χ4v) is 2.67. The van der Waals surface area contributed by atoms with Crippen molar-refractivity contribution in [3.05, 3.63) is 69.9 Å². The molecule has 0 radical (unpaired) electrons. The number of nitrogens with one attached hydrogen (secondary N) is 2. The summed E-state index contributed by atoms with van der Waals surface area (Å²) in [5.41, 5.74) is 0.615. The maximum atomic E-state index is 12.8. The number of hydrogen-bond acceptors (Lipinski definition) is 8. The lowest BCUT2D eigenvalue weighted by Gasteiger charge is -2.07. The molecule has 0 aliphatic heterocycles. The van der Waals surface area contributed by atoms with Crippen molar-refractivity contribution in [2.24, 2.45) is 0 Å². The van der Waals surface area contributed by atoms with E-state index >= 15 is 0 Å². The van der Waals surface area contributed by atoms with E-state index in [2.05, 4.69) is 20.8 Å². The Bertz CT molecular complexity index is 1130. The first-order chi connectivity index (χ1) is 15.3. The van der Waals surface area contributed by atoms with Crippen LogP contribution in [-0.2, 0) is 4.79 Å². The number of nitro benzene ring substituents is 1. The molecule has 166 valence electrons. The Morgan fingerprint density at radius 2 is 1.88 bits per heavy atom. The number of rotatable bonds is 9. The van der Waals surface area contributed by atoms with Crippen molar-refractivity contribution in [3.63, 3.8) is 0 Å². The Labute approximate surface area is 180 Å². The van der Waals surface area contributed by atoms with E-state index in [0.29, 0.717) is 16.9 Å². The summed E-state index contributed by atoms with van der Waals surface area (Å²) >= 11 is 0. The van der Waals surface area contributed by atoms with Gasteiger partial charge in [0.15, 0.2) is 6.61 Å². The standard InChI is InChI=1S/C20H18FN5O6/c1-12-15(3-2-4-16(12)26(29)30)18-24-20(32-25-18)19(28)23-10-9-22-17(27)11-31-14-7-5-13(21)6-8-14/h2-8H,9-11H2,1H3,(H,22,27)(H,23,28). The minimum Gasteiger partial charge on any atom is -0.484 e. The third-order valence-corrected chi connectivity index (χ3v) is 4.28. The first-order valence-electron chi connectivity index (χ1n) is 9.36. The second-order valence-corrected chi connectivity index (χ2v) is 6.48. The lowest BCUT2D eigenvalue weighted by atomic mass is 10.1. The molecule has 0 saturated heterocycles. The molecule has 0 bridgehead atoms. The Morgan fingerprint density at radius 1 is 1.16 bits per heavy atom. The van der Waals surface area contributed by atoms with Gasteiger partial charge >= 0.3 is 11.8 Å². The number of amides is 2. The van der Waals surface area contributed by atoms with Crippen molar-refractivity contribution in [1.29, 1.82) is 0 Å². The Kier molecular flexibility index (Phi) is 7.06. The highest BCUT2D eigenvalue weighted by molar-refractivity contribution is 5.90. The summed E-state index contributed by atoms with van der Waals surface area (Å²) < 4.78 is 23.0. The van der Waals surface area contributed by atoms with Gasteiger partial charge < -0.3 is 19.9 Å². The van der Waals surface area contributed by atoms with Gasteiger partial charge in [-0.05, 0) is 31.2 Å². The number of ether oxygens (including phenoxy) is 1. The molecule has 0 unspecified atom stereocenters. The highest BCUT2D eigenvalue weighted by Crippen LogP contribution is 2.27. The van der Waals surface area contributed by atoms with Crippen molar-refractivity contribution in [2.75, 3.05) is 19.7 Å². The predicted molar refractivity (Wildman–Crippen MR) is 108 cm³/mol. The smallest absolute Gasteiger partial charge is 0.316 e. The fraction of sp³-hybridized carbons (Fsp3) is 0.200. The van der Waals surface area contributed by atoms with Crippen LogP contribution in [0.15, 0.2) is 47.0 Å². The molecular weight excluding hydrogens is 425 g/mol. The second-order valence-electron chi connectivity index (χ2n) is 6.48. The second kappa shape index (κ2) is 10.1. The molecule has 0 spiro atoms. The third kappa shape index (κ3) is 5.62. The highest BCUT2D eigenvalue weighted by Gasteiger charge is 2.20. The summed E-state index contributed by atoms with van der Waals surface area (Å²) in [5, 5.41) is 19.8. The van der Waals surface area contributed by atoms with Crippen LogP contribution in [0.1, 0.15) is 16.2 Å². The van der Waals surface area contributed by atoms with E-state index < -0.39 is 22.6 Å². The van der Waals surface area contributed by atoms with E-state index in [1.165, 1.54) is 36.4 Å². The molecule has 0 atom stereocenters. The summed E-state index contributed by atoms with van der Waals surface area (Å²) in [4.78, 5) is 38.4. The summed E-state index contributed by atoms with van der Waals surface area (Å²) in [6, 6.07) is 9.65. The number of halogens is 1. The molecule has 0 saturated carbocycles. The molecule has 2 N–H and O–H groups in total. The lowest BCUT2D eigenvalue weighted by Crippen LogP contribution is -2.36. The van der Waals surface area contributed by atoms with Gasteiger partial charge in [0, 0.05) is 30.3 Å². The van der Waals surface area contributed by atoms with Crippen LogP contribution in [-0.4, -0.2) is 46.6 Å². The lowest BCUT2D eigenvalue weighted by molar-refractivity contribution is -0.385. The zero-order valence-corrected chi connectivity index (χ0v) is 16.8. The fourth-order valence-electron chi connectivity index (χ4n) is 2.67. The van der Waals surface area contributed by atoms with Crippen LogP contribution in [0.2, 0.25) is 0 Å². The Hall–Kier alpha value is -4.35. The number of hydrogen-bond donors (Lipinski definition) is 2. The molecule has 3 rings (SSSR count). The highest BCUT2D eigenvalue weighted by atomic mass is 19.1. The monoisotopic (exact) mass is 443 g/mol. The average Bonchev–Trinajstić information content (AvgIpc) is 3.26. The van der Waals surface area contributed by atoms with E-state index in [-0.39, 0.29) is 37.1 Å². The molecule has 0 aliphatic rings. The van der Waals surface area contributed by atoms with E-state index in [4.69, 9.17) is 9.26 Å². The largest absolute Gasteiger partial charge is 0.484 e. The van der Waals surface area contributed by atoms with Crippen LogP contribution in [0, 0.1) is 22.9 Å². The third-order valence-electron chi connectivity index (χ3n) is 4.28. The molecular formula is C20H18FN5O6. The van der Waals surface area contributed by atoms with Crippen LogP contribution in [0.3, 0.4) is 0 Å². The molecule has 3 aromatic rings. The van der Waals surface area contributed by atoms with Gasteiger partial charge in [-0.25, -0.2) is 4.39 Å². The van der Waals surface area contributed by atoms with Gasteiger partial charge in [0.05, 0.1) is 4.92 Å². The minimum atomic E-state index is -0.663. The number of aromatic nitrogens is 2. The summed E-state index contributed by atoms with van der Waals surface area (Å²) in [6.45, 7) is 1.47. The van der Waals surface area contributed by atoms with Gasteiger partial charge in [-0.1, -0.05) is 17.3 Å². The van der Waals surface area contributed by atoms with Crippen molar-refractivity contribution < 1.29 is 28.2 Å². The van der Waals surface area contributed by atoms with Crippen LogP contribution in [0.25, 0.3) is 11.4 Å². The predicted octanol–water partition coefficient (Wildman–Crippen LogP) is 2.02. The molecule has 1 heterocycles. The average molecular weight is 443 g/mol. The normalized spacial score (nSPS) is 10.4. The summed E-state index contributed by atoms with van der Waals surface area (Å²) in [7, 11) is 0. The maximum absolute atomic E-state index is 12.8. The van der Waals surface area contributed by atoms with E-state index in [1.54, 1.807) is 13.0 Å². The van der Waals surface area contributed by atoms with Crippen LogP contribution in [0.4, 0.5) is 10.1 Å². The topological polar surface area (TPSA) is 149 Å². The molecule has 2 amide bonds. The molecule has 12 heteroatoms. The van der Waals surface area contributed by atoms with Crippen LogP contribution >= 0.6 is 0 Å².